The van der Waals surface area contributed by atoms with Crippen LogP contribution in [0.5, 0.6) is 0 Å². The highest BCUT2D eigenvalue weighted by atomic mass is 16.5. The Bertz CT molecular complexity index is 405. The minimum absolute atomic E-state index is 0.125. The molecule has 92 valence electrons. The SMILES string of the molecule is CCC1CN(c2ccccc2C(=N)N)CCO1. The molecule has 1 fully saturated rings. The summed E-state index contributed by atoms with van der Waals surface area (Å²) >= 11 is 0. The van der Waals surface area contributed by atoms with E-state index in [1.165, 1.54) is 0 Å². The van der Waals surface area contributed by atoms with E-state index in [4.69, 9.17) is 15.9 Å². The van der Waals surface area contributed by atoms with Gasteiger partial charge in [-0.1, -0.05) is 19.1 Å². The number of nitrogens with two attached hydrogens (primary N) is 1. The number of anilines is 1. The number of benzene rings is 1. The standard InChI is InChI=1S/C13H19N3O/c1-2-10-9-16(7-8-17-10)12-6-4-3-5-11(12)13(14)15/h3-6,10H,2,7-9H2,1H3,(H3,14,15). The van der Waals surface area contributed by atoms with Crippen LogP contribution in [-0.2, 0) is 4.74 Å². The lowest BCUT2D eigenvalue weighted by molar-refractivity contribution is 0.0384. The quantitative estimate of drug-likeness (QED) is 0.615. The predicted octanol–water partition coefficient (Wildman–Crippen LogP) is 1.59. The van der Waals surface area contributed by atoms with Crippen LogP contribution in [0.15, 0.2) is 24.3 Å². The van der Waals surface area contributed by atoms with E-state index in [-0.39, 0.29) is 11.9 Å². The molecule has 1 aliphatic rings. The molecule has 0 bridgehead atoms. The third-order valence-corrected chi connectivity index (χ3v) is 3.13. The number of nitrogens with zero attached hydrogens (tertiary/aromatic N) is 1. The molecule has 0 saturated carbocycles. The van der Waals surface area contributed by atoms with Gasteiger partial charge in [0.25, 0.3) is 0 Å². The zero-order valence-electron chi connectivity index (χ0n) is 10.1. The number of nitrogen functional groups attached to an aromatic ring is 1. The smallest absolute Gasteiger partial charge is 0.124 e. The maximum atomic E-state index is 7.61. The Labute approximate surface area is 102 Å². The van der Waals surface area contributed by atoms with E-state index in [0.717, 1.165) is 37.4 Å². The van der Waals surface area contributed by atoms with Gasteiger partial charge in [0.2, 0.25) is 0 Å². The number of hydrogen-bond acceptors (Lipinski definition) is 3. The third kappa shape index (κ3) is 2.58. The molecular weight excluding hydrogens is 214 g/mol. The molecule has 0 aliphatic carbocycles. The van der Waals surface area contributed by atoms with Crippen LogP contribution in [0.3, 0.4) is 0 Å². The second-order valence-corrected chi connectivity index (χ2v) is 4.28. The minimum Gasteiger partial charge on any atom is -0.384 e. The Hall–Kier alpha value is -1.55. The average Bonchev–Trinajstić information content (AvgIpc) is 2.39. The Morgan fingerprint density at radius 1 is 1.53 bits per heavy atom. The molecule has 0 radical (unpaired) electrons. The van der Waals surface area contributed by atoms with Crippen LogP contribution < -0.4 is 10.6 Å². The zero-order chi connectivity index (χ0) is 12.3. The highest BCUT2D eigenvalue weighted by Crippen LogP contribution is 2.22. The molecule has 0 amide bonds. The molecule has 0 spiro atoms. The van der Waals surface area contributed by atoms with Gasteiger partial charge in [-0.2, -0.15) is 0 Å². The van der Waals surface area contributed by atoms with E-state index in [1.807, 2.05) is 24.3 Å². The zero-order valence-corrected chi connectivity index (χ0v) is 10.1. The van der Waals surface area contributed by atoms with Crippen LogP contribution in [0.4, 0.5) is 5.69 Å². The molecule has 4 nitrogen and oxygen atoms in total. The van der Waals surface area contributed by atoms with Crippen molar-refractivity contribution < 1.29 is 4.74 Å². The first-order valence-electron chi connectivity index (χ1n) is 6.02. The maximum absolute atomic E-state index is 7.61. The first-order valence-corrected chi connectivity index (χ1v) is 6.02. The Morgan fingerprint density at radius 2 is 2.29 bits per heavy atom. The third-order valence-electron chi connectivity index (χ3n) is 3.13. The number of nitrogens with one attached hydrogen (secondary N) is 1. The van der Waals surface area contributed by atoms with Gasteiger partial charge in [0.05, 0.1) is 12.7 Å². The van der Waals surface area contributed by atoms with E-state index in [9.17, 15) is 0 Å². The lowest BCUT2D eigenvalue weighted by Crippen LogP contribution is -2.43. The number of ether oxygens (including phenoxy) is 1. The molecule has 1 aromatic rings. The molecule has 1 atom stereocenters. The van der Waals surface area contributed by atoms with Crippen molar-refractivity contribution in [3.8, 4) is 0 Å². The normalized spacial score (nSPS) is 20.3. The molecule has 1 aromatic carbocycles. The fourth-order valence-electron chi connectivity index (χ4n) is 2.16. The summed E-state index contributed by atoms with van der Waals surface area (Å²) in [6, 6.07) is 7.82. The van der Waals surface area contributed by atoms with Crippen LogP contribution in [0.1, 0.15) is 18.9 Å². The highest BCUT2D eigenvalue weighted by Gasteiger charge is 2.21. The number of morpholine rings is 1. The summed E-state index contributed by atoms with van der Waals surface area (Å²) in [6.07, 6.45) is 1.29. The molecule has 1 aliphatic heterocycles. The van der Waals surface area contributed by atoms with Gasteiger partial charge in [0.1, 0.15) is 5.84 Å². The Kier molecular flexibility index (Phi) is 3.64. The number of amidine groups is 1. The predicted molar refractivity (Wildman–Crippen MR) is 69.7 cm³/mol. The molecule has 4 heteroatoms. The second-order valence-electron chi connectivity index (χ2n) is 4.28. The number of para-hydroxylation sites is 1. The monoisotopic (exact) mass is 233 g/mol. The maximum Gasteiger partial charge on any atom is 0.124 e. The van der Waals surface area contributed by atoms with Gasteiger partial charge in [0, 0.05) is 24.3 Å². The van der Waals surface area contributed by atoms with E-state index in [0.29, 0.717) is 0 Å². The molecule has 2 rings (SSSR count). The fourth-order valence-corrected chi connectivity index (χ4v) is 2.16. The van der Waals surface area contributed by atoms with Gasteiger partial charge in [-0.05, 0) is 18.6 Å². The van der Waals surface area contributed by atoms with E-state index in [1.54, 1.807) is 0 Å². The van der Waals surface area contributed by atoms with Crippen LogP contribution in [-0.4, -0.2) is 31.6 Å². The van der Waals surface area contributed by atoms with E-state index in [2.05, 4.69) is 11.8 Å². The summed E-state index contributed by atoms with van der Waals surface area (Å²) in [5.41, 5.74) is 7.47. The molecular formula is C13H19N3O. The summed E-state index contributed by atoms with van der Waals surface area (Å²) in [4.78, 5) is 2.26. The van der Waals surface area contributed by atoms with Crippen LogP contribution in [0.25, 0.3) is 0 Å². The first-order chi connectivity index (χ1) is 8.22. The van der Waals surface area contributed by atoms with Crippen molar-refractivity contribution in [1.82, 2.24) is 0 Å². The van der Waals surface area contributed by atoms with Gasteiger partial charge in [-0.3, -0.25) is 5.41 Å². The van der Waals surface area contributed by atoms with Crippen molar-refractivity contribution in [3.05, 3.63) is 29.8 Å². The molecule has 3 N–H and O–H groups in total. The van der Waals surface area contributed by atoms with Gasteiger partial charge >= 0.3 is 0 Å². The molecule has 1 unspecified atom stereocenters. The van der Waals surface area contributed by atoms with Crippen molar-refractivity contribution in [3.63, 3.8) is 0 Å². The van der Waals surface area contributed by atoms with Crippen molar-refractivity contribution in [2.75, 3.05) is 24.6 Å². The van der Waals surface area contributed by atoms with Gasteiger partial charge in [0.15, 0.2) is 0 Å². The molecule has 0 aromatic heterocycles. The molecule has 1 heterocycles. The van der Waals surface area contributed by atoms with Crippen molar-refractivity contribution in [1.29, 1.82) is 5.41 Å². The van der Waals surface area contributed by atoms with Crippen LogP contribution >= 0.6 is 0 Å². The van der Waals surface area contributed by atoms with E-state index >= 15 is 0 Å². The fraction of sp³-hybridized carbons (Fsp3) is 0.462. The Morgan fingerprint density at radius 3 is 3.00 bits per heavy atom. The van der Waals surface area contributed by atoms with Gasteiger partial charge in [-0.15, -0.1) is 0 Å². The molecule has 17 heavy (non-hydrogen) atoms. The lowest BCUT2D eigenvalue weighted by atomic mass is 10.1. The summed E-state index contributed by atoms with van der Waals surface area (Å²) in [6.45, 7) is 4.61. The van der Waals surface area contributed by atoms with E-state index < -0.39 is 0 Å². The van der Waals surface area contributed by atoms with Crippen molar-refractivity contribution >= 4 is 11.5 Å². The largest absolute Gasteiger partial charge is 0.384 e. The van der Waals surface area contributed by atoms with Gasteiger partial charge in [-0.25, -0.2) is 0 Å². The number of rotatable bonds is 3. The second kappa shape index (κ2) is 5.19. The highest BCUT2D eigenvalue weighted by molar-refractivity contribution is 6.00. The molecule has 1 saturated heterocycles. The van der Waals surface area contributed by atoms with Crippen LogP contribution in [0.2, 0.25) is 0 Å². The minimum atomic E-state index is 0.125. The summed E-state index contributed by atoms with van der Waals surface area (Å²) in [5, 5.41) is 7.61. The van der Waals surface area contributed by atoms with Crippen molar-refractivity contribution in [2.24, 2.45) is 5.73 Å². The topological polar surface area (TPSA) is 62.3 Å². The summed E-state index contributed by atoms with van der Waals surface area (Å²) < 4.78 is 5.65. The first kappa shape index (κ1) is 11.9. The average molecular weight is 233 g/mol. The summed E-state index contributed by atoms with van der Waals surface area (Å²) in [5.74, 6) is 0.125. The Balaban J connectivity index is 2.24. The van der Waals surface area contributed by atoms with Gasteiger partial charge < -0.3 is 15.4 Å². The lowest BCUT2D eigenvalue weighted by Gasteiger charge is -2.35. The van der Waals surface area contributed by atoms with Crippen molar-refractivity contribution in [2.45, 2.75) is 19.4 Å². The summed E-state index contributed by atoms with van der Waals surface area (Å²) in [7, 11) is 0. The number of hydrogen-bond donors (Lipinski definition) is 2. The van der Waals surface area contributed by atoms with Crippen LogP contribution in [0, 0.1) is 5.41 Å².